The molecule has 0 amide bonds. The number of fused-ring (bicyclic) bond motifs is 1. The van der Waals surface area contributed by atoms with E-state index in [2.05, 4.69) is 6.07 Å². The molecule has 0 aliphatic heterocycles. The second-order valence-corrected chi connectivity index (χ2v) is 5.69. The standard InChI is InChI=1S/C16H14O2S/c1-11-4-7-15-12(9-11)10-16(18-15)14(17)6-5-13-3-2-8-19-13/h2-4,7-10H,5-6H2,1H3. The Kier molecular flexibility index (Phi) is 3.22. The summed E-state index contributed by atoms with van der Waals surface area (Å²) < 4.78 is 5.61. The molecule has 3 heteroatoms. The number of benzene rings is 1. The van der Waals surface area contributed by atoms with Gasteiger partial charge in [0.2, 0.25) is 0 Å². The summed E-state index contributed by atoms with van der Waals surface area (Å²) in [4.78, 5) is 13.3. The lowest BCUT2D eigenvalue weighted by Crippen LogP contribution is -1.98. The molecule has 0 saturated carbocycles. The van der Waals surface area contributed by atoms with Gasteiger partial charge in [-0.25, -0.2) is 0 Å². The number of furan rings is 1. The molecule has 2 aromatic heterocycles. The van der Waals surface area contributed by atoms with E-state index in [4.69, 9.17) is 4.42 Å². The van der Waals surface area contributed by atoms with E-state index < -0.39 is 0 Å². The summed E-state index contributed by atoms with van der Waals surface area (Å²) in [6.07, 6.45) is 1.28. The van der Waals surface area contributed by atoms with Gasteiger partial charge in [0, 0.05) is 16.7 Å². The molecule has 3 rings (SSSR count). The maximum atomic E-state index is 12.1. The van der Waals surface area contributed by atoms with Crippen molar-refractivity contribution in [2.45, 2.75) is 19.8 Å². The van der Waals surface area contributed by atoms with Crippen molar-refractivity contribution in [2.75, 3.05) is 0 Å². The lowest BCUT2D eigenvalue weighted by Gasteiger charge is -1.95. The van der Waals surface area contributed by atoms with Gasteiger partial charge in [-0.1, -0.05) is 17.7 Å². The van der Waals surface area contributed by atoms with Crippen LogP contribution in [0.15, 0.2) is 46.2 Å². The van der Waals surface area contributed by atoms with Crippen molar-refractivity contribution in [3.63, 3.8) is 0 Å². The van der Waals surface area contributed by atoms with E-state index in [9.17, 15) is 4.79 Å². The maximum Gasteiger partial charge on any atom is 0.198 e. The van der Waals surface area contributed by atoms with Crippen LogP contribution in [0.3, 0.4) is 0 Å². The molecule has 0 saturated heterocycles. The van der Waals surface area contributed by atoms with Crippen LogP contribution in [0.2, 0.25) is 0 Å². The fourth-order valence-electron chi connectivity index (χ4n) is 2.11. The van der Waals surface area contributed by atoms with Gasteiger partial charge in [-0.15, -0.1) is 11.3 Å². The minimum Gasteiger partial charge on any atom is -0.453 e. The molecule has 0 spiro atoms. The fourth-order valence-corrected chi connectivity index (χ4v) is 2.82. The fraction of sp³-hybridized carbons (Fsp3) is 0.188. The number of hydrogen-bond donors (Lipinski definition) is 0. The van der Waals surface area contributed by atoms with E-state index in [1.807, 2.05) is 42.6 Å². The second kappa shape index (κ2) is 5.02. The summed E-state index contributed by atoms with van der Waals surface area (Å²) in [7, 11) is 0. The number of ketones is 1. The van der Waals surface area contributed by atoms with E-state index >= 15 is 0 Å². The average molecular weight is 270 g/mol. The van der Waals surface area contributed by atoms with E-state index in [0.717, 1.165) is 17.4 Å². The smallest absolute Gasteiger partial charge is 0.198 e. The Morgan fingerprint density at radius 1 is 1.26 bits per heavy atom. The van der Waals surface area contributed by atoms with Crippen molar-refractivity contribution in [1.29, 1.82) is 0 Å². The minimum absolute atomic E-state index is 0.0715. The Hall–Kier alpha value is -1.87. The molecule has 1 aromatic carbocycles. The van der Waals surface area contributed by atoms with Gasteiger partial charge in [-0.3, -0.25) is 4.79 Å². The third-order valence-corrected chi connectivity index (χ3v) is 4.06. The van der Waals surface area contributed by atoms with Crippen molar-refractivity contribution in [1.82, 2.24) is 0 Å². The molecule has 0 unspecified atom stereocenters. The van der Waals surface area contributed by atoms with Crippen molar-refractivity contribution >= 4 is 28.1 Å². The quantitative estimate of drug-likeness (QED) is 0.648. The molecule has 2 nitrogen and oxygen atoms in total. The molecule has 0 radical (unpaired) electrons. The van der Waals surface area contributed by atoms with Crippen LogP contribution < -0.4 is 0 Å². The number of Topliss-reactive ketones (excluding diaryl/α,β-unsaturated/α-hetero) is 1. The highest BCUT2D eigenvalue weighted by Crippen LogP contribution is 2.22. The molecule has 0 fully saturated rings. The molecule has 0 N–H and O–H groups in total. The maximum absolute atomic E-state index is 12.1. The van der Waals surface area contributed by atoms with Gasteiger partial charge in [0.25, 0.3) is 0 Å². The first-order valence-electron chi connectivity index (χ1n) is 6.28. The number of hydrogen-bond acceptors (Lipinski definition) is 3. The van der Waals surface area contributed by atoms with E-state index in [0.29, 0.717) is 12.2 Å². The first kappa shape index (κ1) is 12.2. The summed E-state index contributed by atoms with van der Waals surface area (Å²) in [5.74, 6) is 0.541. The third kappa shape index (κ3) is 2.61. The monoisotopic (exact) mass is 270 g/mol. The van der Waals surface area contributed by atoms with Crippen molar-refractivity contribution in [3.05, 3.63) is 58.0 Å². The van der Waals surface area contributed by atoms with Gasteiger partial charge in [0.05, 0.1) is 0 Å². The summed E-state index contributed by atoms with van der Waals surface area (Å²) >= 11 is 1.68. The number of aryl methyl sites for hydroxylation is 2. The Balaban J connectivity index is 1.77. The molecule has 0 bridgehead atoms. The van der Waals surface area contributed by atoms with Crippen LogP contribution in [0.25, 0.3) is 11.0 Å². The zero-order chi connectivity index (χ0) is 13.2. The number of thiophene rings is 1. The van der Waals surface area contributed by atoms with Gasteiger partial charge in [0.1, 0.15) is 5.58 Å². The summed E-state index contributed by atoms with van der Waals surface area (Å²) in [6.45, 7) is 2.03. The van der Waals surface area contributed by atoms with Gasteiger partial charge >= 0.3 is 0 Å². The van der Waals surface area contributed by atoms with Crippen LogP contribution in [0.1, 0.15) is 27.4 Å². The zero-order valence-electron chi connectivity index (χ0n) is 10.7. The van der Waals surface area contributed by atoms with Crippen molar-refractivity contribution < 1.29 is 9.21 Å². The molecular weight excluding hydrogens is 256 g/mol. The second-order valence-electron chi connectivity index (χ2n) is 4.65. The Morgan fingerprint density at radius 3 is 2.95 bits per heavy atom. The van der Waals surface area contributed by atoms with Crippen LogP contribution in [0.5, 0.6) is 0 Å². The first-order valence-corrected chi connectivity index (χ1v) is 7.16. The Labute approximate surface area is 115 Å². The molecule has 0 atom stereocenters. The van der Waals surface area contributed by atoms with Gasteiger partial charge < -0.3 is 4.42 Å². The highest BCUT2D eigenvalue weighted by molar-refractivity contribution is 7.09. The molecule has 2 heterocycles. The number of rotatable bonds is 4. The third-order valence-electron chi connectivity index (χ3n) is 3.13. The number of carbonyl (C=O) groups is 1. The van der Waals surface area contributed by atoms with Crippen LogP contribution in [0, 0.1) is 6.92 Å². The topological polar surface area (TPSA) is 30.2 Å². The minimum atomic E-state index is 0.0715. The Bertz CT molecular complexity index is 708. The lowest BCUT2D eigenvalue weighted by molar-refractivity contribution is 0.0958. The van der Waals surface area contributed by atoms with E-state index in [1.54, 1.807) is 11.3 Å². The first-order chi connectivity index (χ1) is 9.22. The summed E-state index contributed by atoms with van der Waals surface area (Å²) in [6, 6.07) is 11.9. The SMILES string of the molecule is Cc1ccc2oc(C(=O)CCc3cccs3)cc2c1. The Morgan fingerprint density at radius 2 is 2.16 bits per heavy atom. The van der Waals surface area contributed by atoms with Crippen molar-refractivity contribution in [3.8, 4) is 0 Å². The summed E-state index contributed by atoms with van der Waals surface area (Å²) in [5, 5.41) is 3.03. The predicted octanol–water partition coefficient (Wildman–Crippen LogP) is 4.62. The van der Waals surface area contributed by atoms with Crippen LogP contribution >= 0.6 is 11.3 Å². The van der Waals surface area contributed by atoms with E-state index in [1.165, 1.54) is 10.4 Å². The van der Waals surface area contributed by atoms with Crippen molar-refractivity contribution in [2.24, 2.45) is 0 Å². The highest BCUT2D eigenvalue weighted by Gasteiger charge is 2.12. The molecular formula is C16H14O2S. The van der Waals surface area contributed by atoms with E-state index in [-0.39, 0.29) is 5.78 Å². The lowest BCUT2D eigenvalue weighted by atomic mass is 10.1. The van der Waals surface area contributed by atoms with Gasteiger partial charge in [-0.05, 0) is 43.0 Å². The zero-order valence-corrected chi connectivity index (χ0v) is 11.5. The van der Waals surface area contributed by atoms with Crippen LogP contribution in [-0.2, 0) is 6.42 Å². The molecule has 3 aromatic rings. The predicted molar refractivity (Wildman–Crippen MR) is 77.9 cm³/mol. The van der Waals surface area contributed by atoms with Crippen LogP contribution in [-0.4, -0.2) is 5.78 Å². The molecule has 0 aliphatic rings. The van der Waals surface area contributed by atoms with Gasteiger partial charge in [-0.2, -0.15) is 0 Å². The van der Waals surface area contributed by atoms with Gasteiger partial charge in [0.15, 0.2) is 11.5 Å². The molecule has 96 valence electrons. The molecule has 0 aliphatic carbocycles. The molecule has 19 heavy (non-hydrogen) atoms. The average Bonchev–Trinajstić information content (AvgIpc) is 3.04. The number of carbonyl (C=O) groups excluding carboxylic acids is 1. The largest absolute Gasteiger partial charge is 0.453 e. The van der Waals surface area contributed by atoms with Crippen LogP contribution in [0.4, 0.5) is 0 Å². The highest BCUT2D eigenvalue weighted by atomic mass is 32.1. The summed E-state index contributed by atoms with van der Waals surface area (Å²) in [5.41, 5.74) is 1.95. The normalized spacial score (nSPS) is 11.0.